The second kappa shape index (κ2) is 11.1. The Bertz CT molecular complexity index is 888. The fourth-order valence-corrected chi connectivity index (χ4v) is 4.49. The average molecular weight is 439 g/mol. The van der Waals surface area contributed by atoms with Crippen molar-refractivity contribution in [2.24, 2.45) is 4.99 Å². The highest BCUT2D eigenvalue weighted by Crippen LogP contribution is 2.21. The minimum absolute atomic E-state index is 0.211. The monoisotopic (exact) mass is 438 g/mol. The van der Waals surface area contributed by atoms with E-state index in [-0.39, 0.29) is 12.1 Å². The van der Waals surface area contributed by atoms with Gasteiger partial charge in [0.05, 0.1) is 12.9 Å². The Morgan fingerprint density at radius 3 is 2.62 bits per heavy atom. The first-order valence-electron chi connectivity index (χ1n) is 11.8. The molecule has 1 saturated heterocycles. The number of aliphatic imine (C=N–C) groups is 1. The van der Waals surface area contributed by atoms with E-state index >= 15 is 0 Å². The van der Waals surface area contributed by atoms with Crippen LogP contribution in [-0.2, 0) is 24.0 Å². The highest BCUT2D eigenvalue weighted by molar-refractivity contribution is 5.80. The molecular weight excluding hydrogens is 404 g/mol. The van der Waals surface area contributed by atoms with Gasteiger partial charge < -0.3 is 24.7 Å². The van der Waals surface area contributed by atoms with Crippen molar-refractivity contribution in [2.45, 2.75) is 57.5 Å². The molecule has 0 saturated carbocycles. The number of nitrogens with one attached hydrogen (secondary N) is 2. The number of hydrogen-bond acceptors (Lipinski definition) is 4. The lowest BCUT2D eigenvalue weighted by molar-refractivity contribution is 0.0963. The molecule has 1 aliphatic heterocycles. The summed E-state index contributed by atoms with van der Waals surface area (Å²) in [6, 6.07) is 13.3. The largest absolute Gasteiger partial charge is 0.469 e. The first kappa shape index (κ1) is 22.2. The molecule has 2 aromatic rings. The fraction of sp³-hybridized carbons (Fsp3) is 0.520. The van der Waals surface area contributed by atoms with E-state index in [9.17, 15) is 4.79 Å². The lowest BCUT2D eigenvalue weighted by Crippen LogP contribution is -2.52. The van der Waals surface area contributed by atoms with Gasteiger partial charge in [0.2, 0.25) is 0 Å². The van der Waals surface area contributed by atoms with Crippen LogP contribution in [0.2, 0.25) is 0 Å². The highest BCUT2D eigenvalue weighted by atomic mass is 16.6. The molecule has 7 nitrogen and oxygen atoms in total. The van der Waals surface area contributed by atoms with Crippen LogP contribution in [0.5, 0.6) is 0 Å². The van der Waals surface area contributed by atoms with E-state index in [2.05, 4.69) is 34.9 Å². The third-order valence-corrected chi connectivity index (χ3v) is 6.26. The topological polar surface area (TPSA) is 79.1 Å². The number of furan rings is 1. The summed E-state index contributed by atoms with van der Waals surface area (Å²) in [7, 11) is 0. The molecule has 4 rings (SSSR count). The van der Waals surface area contributed by atoms with Crippen molar-refractivity contribution in [3.63, 3.8) is 0 Å². The number of nitrogens with zero attached hydrogens (tertiary/aromatic N) is 2. The summed E-state index contributed by atoms with van der Waals surface area (Å²) in [5.41, 5.74) is 2.88. The van der Waals surface area contributed by atoms with Gasteiger partial charge in [-0.25, -0.2) is 4.79 Å². The molecule has 1 unspecified atom stereocenters. The maximum absolute atomic E-state index is 12.0. The number of piperidine rings is 1. The Labute approximate surface area is 190 Å². The zero-order chi connectivity index (χ0) is 22.2. The van der Waals surface area contributed by atoms with E-state index < -0.39 is 0 Å². The molecule has 32 heavy (non-hydrogen) atoms. The molecular formula is C25H34N4O3. The predicted molar refractivity (Wildman–Crippen MR) is 125 cm³/mol. The third kappa shape index (κ3) is 6.05. The molecule has 1 aromatic heterocycles. The fourth-order valence-electron chi connectivity index (χ4n) is 4.49. The summed E-state index contributed by atoms with van der Waals surface area (Å²) < 4.78 is 10.6. The Balaban J connectivity index is 1.35. The van der Waals surface area contributed by atoms with E-state index in [0.717, 1.165) is 50.2 Å². The number of likely N-dealkylation sites (tertiary alicyclic amines) is 1. The predicted octanol–water partition coefficient (Wildman–Crippen LogP) is 3.54. The number of guanidine groups is 1. The number of fused-ring (bicyclic) bond motifs is 1. The van der Waals surface area contributed by atoms with Crippen LogP contribution in [-0.4, -0.2) is 55.3 Å². The molecule has 0 bridgehead atoms. The first-order valence-corrected chi connectivity index (χ1v) is 11.8. The maximum Gasteiger partial charge on any atom is 0.409 e. The first-order chi connectivity index (χ1) is 15.7. The van der Waals surface area contributed by atoms with Crippen LogP contribution in [0.1, 0.15) is 43.1 Å². The van der Waals surface area contributed by atoms with Gasteiger partial charge in [0.25, 0.3) is 0 Å². The second-order valence-corrected chi connectivity index (χ2v) is 8.52. The van der Waals surface area contributed by atoms with Crippen LogP contribution in [0.15, 0.2) is 52.1 Å². The molecule has 2 aliphatic rings. The summed E-state index contributed by atoms with van der Waals surface area (Å²) in [4.78, 5) is 18.6. The van der Waals surface area contributed by atoms with E-state index in [1.54, 1.807) is 11.2 Å². The minimum atomic E-state index is -0.211. The molecule has 0 radical (unpaired) electrons. The summed E-state index contributed by atoms with van der Waals surface area (Å²) in [6.45, 7) is 4.32. The number of carbonyl (C=O) groups excluding carboxylic acids is 1. The molecule has 1 aliphatic carbocycles. The van der Waals surface area contributed by atoms with E-state index in [0.29, 0.717) is 32.3 Å². The lowest BCUT2D eigenvalue weighted by atomic mass is 9.88. The van der Waals surface area contributed by atoms with Crippen LogP contribution in [0.3, 0.4) is 0 Å². The van der Waals surface area contributed by atoms with Crippen molar-refractivity contribution >= 4 is 12.1 Å². The average Bonchev–Trinajstić information content (AvgIpc) is 3.33. The van der Waals surface area contributed by atoms with Crippen molar-refractivity contribution in [1.29, 1.82) is 0 Å². The van der Waals surface area contributed by atoms with Gasteiger partial charge in [0, 0.05) is 38.1 Å². The number of ether oxygens (including phenoxy) is 1. The standard InChI is InChI=1S/C25H34N4O3/c1-2-31-25(30)29-15-12-21(13-16-29)27-24(26-14-11-23-8-5-17-32-23)28-22-10-9-19-6-3-4-7-20(19)18-22/h3-8,17,21-22H,2,9-16,18H2,1H3,(H2,26,27,28). The van der Waals surface area contributed by atoms with E-state index in [1.165, 1.54) is 11.1 Å². The van der Waals surface area contributed by atoms with Crippen molar-refractivity contribution in [3.8, 4) is 0 Å². The van der Waals surface area contributed by atoms with Crippen molar-refractivity contribution < 1.29 is 13.9 Å². The number of carbonyl (C=O) groups is 1. The Morgan fingerprint density at radius 1 is 1.09 bits per heavy atom. The molecule has 1 fully saturated rings. The van der Waals surface area contributed by atoms with Gasteiger partial charge in [-0.2, -0.15) is 0 Å². The van der Waals surface area contributed by atoms with Gasteiger partial charge in [-0.1, -0.05) is 24.3 Å². The van der Waals surface area contributed by atoms with Gasteiger partial charge >= 0.3 is 6.09 Å². The summed E-state index contributed by atoms with van der Waals surface area (Å²) >= 11 is 0. The normalized spacial score (nSPS) is 19.3. The van der Waals surface area contributed by atoms with Crippen LogP contribution >= 0.6 is 0 Å². The molecule has 2 heterocycles. The third-order valence-electron chi connectivity index (χ3n) is 6.26. The van der Waals surface area contributed by atoms with Gasteiger partial charge in [0.1, 0.15) is 5.76 Å². The molecule has 172 valence electrons. The number of hydrogen-bond donors (Lipinski definition) is 2. The Kier molecular flexibility index (Phi) is 7.69. The quantitative estimate of drug-likeness (QED) is 0.533. The number of aryl methyl sites for hydroxylation is 1. The molecule has 1 aromatic carbocycles. The Morgan fingerprint density at radius 2 is 1.88 bits per heavy atom. The summed E-state index contributed by atoms with van der Waals surface area (Å²) in [5, 5.41) is 7.31. The zero-order valence-electron chi connectivity index (χ0n) is 18.9. The molecule has 0 spiro atoms. The van der Waals surface area contributed by atoms with Crippen LogP contribution in [0.25, 0.3) is 0 Å². The van der Waals surface area contributed by atoms with Gasteiger partial charge in [-0.15, -0.1) is 0 Å². The van der Waals surface area contributed by atoms with Crippen LogP contribution in [0, 0.1) is 0 Å². The maximum atomic E-state index is 12.0. The van der Waals surface area contributed by atoms with Crippen LogP contribution in [0.4, 0.5) is 4.79 Å². The zero-order valence-corrected chi connectivity index (χ0v) is 18.9. The minimum Gasteiger partial charge on any atom is -0.469 e. The van der Waals surface area contributed by atoms with Crippen molar-refractivity contribution in [1.82, 2.24) is 15.5 Å². The number of rotatable bonds is 6. The highest BCUT2D eigenvalue weighted by Gasteiger charge is 2.25. The van der Waals surface area contributed by atoms with Gasteiger partial charge in [-0.05, 0) is 62.3 Å². The molecule has 1 atom stereocenters. The van der Waals surface area contributed by atoms with Gasteiger partial charge in [0.15, 0.2) is 5.96 Å². The summed E-state index contributed by atoms with van der Waals surface area (Å²) in [6.07, 6.45) is 7.22. The summed E-state index contributed by atoms with van der Waals surface area (Å²) in [5.74, 6) is 1.80. The SMILES string of the molecule is CCOC(=O)N1CCC(NC(=NCCc2ccco2)NC2CCc3ccccc3C2)CC1. The second-order valence-electron chi connectivity index (χ2n) is 8.52. The number of benzene rings is 1. The van der Waals surface area contributed by atoms with Gasteiger partial charge in [-0.3, -0.25) is 4.99 Å². The molecule has 2 N–H and O–H groups in total. The van der Waals surface area contributed by atoms with Crippen molar-refractivity contribution in [3.05, 3.63) is 59.5 Å². The number of amides is 1. The van der Waals surface area contributed by atoms with Crippen LogP contribution < -0.4 is 10.6 Å². The molecule has 7 heteroatoms. The Hall–Kier alpha value is -2.96. The van der Waals surface area contributed by atoms with E-state index in [4.69, 9.17) is 14.1 Å². The smallest absolute Gasteiger partial charge is 0.409 e. The van der Waals surface area contributed by atoms with Crippen molar-refractivity contribution in [2.75, 3.05) is 26.2 Å². The van der Waals surface area contributed by atoms with E-state index in [1.807, 2.05) is 19.1 Å². The lowest BCUT2D eigenvalue weighted by Gasteiger charge is -2.33. The molecule has 1 amide bonds.